The Morgan fingerprint density at radius 2 is 2.53 bits per heavy atom. The standard InChI is InChI=1S/C12H15ClN4/c13-11-9(8-14)3-6-16-12(11)17-7-4-10-2-1-5-15-10/h3,6,10,15H,1-2,4-5,7H2,(H,16,17)/t10-/m0/s1. The molecule has 1 aliphatic rings. The van der Waals surface area contributed by atoms with E-state index in [0.717, 1.165) is 19.5 Å². The fraction of sp³-hybridized carbons (Fsp3) is 0.500. The molecule has 4 nitrogen and oxygen atoms in total. The minimum absolute atomic E-state index is 0.411. The highest BCUT2D eigenvalue weighted by Gasteiger charge is 2.13. The predicted molar refractivity (Wildman–Crippen MR) is 68.1 cm³/mol. The van der Waals surface area contributed by atoms with Gasteiger partial charge in [0.1, 0.15) is 16.9 Å². The lowest BCUT2D eigenvalue weighted by Gasteiger charge is -2.12. The van der Waals surface area contributed by atoms with Crippen LogP contribution in [0.4, 0.5) is 5.82 Å². The fourth-order valence-electron chi connectivity index (χ4n) is 2.02. The van der Waals surface area contributed by atoms with Crippen molar-refractivity contribution in [2.45, 2.75) is 25.3 Å². The van der Waals surface area contributed by atoms with Gasteiger partial charge in [0.15, 0.2) is 0 Å². The first kappa shape index (κ1) is 12.2. The first-order valence-corrected chi connectivity index (χ1v) is 6.21. The SMILES string of the molecule is N#Cc1ccnc(NCC[C@@H]2CCCN2)c1Cl. The van der Waals surface area contributed by atoms with Crippen molar-refractivity contribution in [2.75, 3.05) is 18.4 Å². The summed E-state index contributed by atoms with van der Waals surface area (Å²) in [5.41, 5.74) is 0.461. The minimum atomic E-state index is 0.411. The first-order valence-electron chi connectivity index (χ1n) is 5.83. The van der Waals surface area contributed by atoms with Crippen molar-refractivity contribution in [1.29, 1.82) is 5.26 Å². The number of nitriles is 1. The molecular weight excluding hydrogens is 236 g/mol. The number of hydrogen-bond acceptors (Lipinski definition) is 4. The van der Waals surface area contributed by atoms with Gasteiger partial charge in [0.25, 0.3) is 0 Å². The summed E-state index contributed by atoms with van der Waals surface area (Å²) < 4.78 is 0. The van der Waals surface area contributed by atoms with Gasteiger partial charge in [-0.3, -0.25) is 0 Å². The second-order valence-electron chi connectivity index (χ2n) is 4.14. The van der Waals surface area contributed by atoms with E-state index < -0.39 is 0 Å². The molecule has 0 bridgehead atoms. The number of hydrogen-bond donors (Lipinski definition) is 2. The van der Waals surface area contributed by atoms with Gasteiger partial charge in [0, 0.05) is 18.8 Å². The second kappa shape index (κ2) is 5.85. The third-order valence-electron chi connectivity index (χ3n) is 2.96. The molecule has 0 saturated carbocycles. The number of pyridine rings is 1. The number of halogens is 1. The molecule has 0 aromatic carbocycles. The lowest BCUT2D eigenvalue weighted by Crippen LogP contribution is -2.24. The molecule has 1 atom stereocenters. The lowest BCUT2D eigenvalue weighted by molar-refractivity contribution is 0.574. The van der Waals surface area contributed by atoms with E-state index >= 15 is 0 Å². The van der Waals surface area contributed by atoms with Crippen LogP contribution in [0.15, 0.2) is 12.3 Å². The maximum atomic E-state index is 8.84. The fourth-order valence-corrected chi connectivity index (χ4v) is 2.24. The van der Waals surface area contributed by atoms with Crippen LogP contribution in [0.3, 0.4) is 0 Å². The highest BCUT2D eigenvalue weighted by molar-refractivity contribution is 6.34. The largest absolute Gasteiger partial charge is 0.369 e. The number of nitrogens with one attached hydrogen (secondary N) is 2. The summed E-state index contributed by atoms with van der Waals surface area (Å²) in [5, 5.41) is 15.9. The summed E-state index contributed by atoms with van der Waals surface area (Å²) >= 11 is 6.04. The molecule has 1 aromatic rings. The molecule has 2 heterocycles. The lowest BCUT2D eigenvalue weighted by atomic mass is 10.1. The molecule has 0 radical (unpaired) electrons. The molecule has 17 heavy (non-hydrogen) atoms. The summed E-state index contributed by atoms with van der Waals surface area (Å²) in [6.07, 6.45) is 5.14. The molecule has 1 saturated heterocycles. The topological polar surface area (TPSA) is 60.7 Å². The van der Waals surface area contributed by atoms with E-state index in [1.807, 2.05) is 6.07 Å². The third-order valence-corrected chi connectivity index (χ3v) is 3.34. The molecule has 1 aliphatic heterocycles. The molecular formula is C12H15ClN4. The Balaban J connectivity index is 1.88. The van der Waals surface area contributed by atoms with Crippen molar-refractivity contribution >= 4 is 17.4 Å². The van der Waals surface area contributed by atoms with Crippen LogP contribution in [-0.2, 0) is 0 Å². The van der Waals surface area contributed by atoms with E-state index in [4.69, 9.17) is 16.9 Å². The second-order valence-corrected chi connectivity index (χ2v) is 4.52. The van der Waals surface area contributed by atoms with Crippen LogP contribution in [0.1, 0.15) is 24.8 Å². The molecule has 0 spiro atoms. The van der Waals surface area contributed by atoms with Crippen LogP contribution >= 0.6 is 11.6 Å². The van der Waals surface area contributed by atoms with E-state index in [9.17, 15) is 0 Å². The normalized spacial score (nSPS) is 18.9. The van der Waals surface area contributed by atoms with E-state index in [0.29, 0.717) is 22.4 Å². The molecule has 0 unspecified atom stereocenters. The maximum absolute atomic E-state index is 8.84. The van der Waals surface area contributed by atoms with Gasteiger partial charge >= 0.3 is 0 Å². The van der Waals surface area contributed by atoms with Crippen molar-refractivity contribution in [3.63, 3.8) is 0 Å². The Kier molecular flexibility index (Phi) is 4.18. The molecule has 0 amide bonds. The molecule has 0 aliphatic carbocycles. The predicted octanol–water partition coefficient (Wildman–Crippen LogP) is 2.16. The van der Waals surface area contributed by atoms with Crippen molar-refractivity contribution in [2.24, 2.45) is 0 Å². The molecule has 1 fully saturated rings. The molecule has 5 heteroatoms. The zero-order valence-electron chi connectivity index (χ0n) is 9.54. The van der Waals surface area contributed by atoms with E-state index in [1.165, 1.54) is 12.8 Å². The highest BCUT2D eigenvalue weighted by atomic mass is 35.5. The maximum Gasteiger partial charge on any atom is 0.146 e. The van der Waals surface area contributed by atoms with Gasteiger partial charge in [-0.25, -0.2) is 4.98 Å². The summed E-state index contributed by atoms with van der Waals surface area (Å²) in [5.74, 6) is 0.601. The average molecular weight is 251 g/mol. The van der Waals surface area contributed by atoms with Crippen molar-refractivity contribution in [3.05, 3.63) is 22.8 Å². The van der Waals surface area contributed by atoms with Gasteiger partial charge < -0.3 is 10.6 Å². The zero-order valence-corrected chi connectivity index (χ0v) is 10.3. The third kappa shape index (κ3) is 3.09. The van der Waals surface area contributed by atoms with Gasteiger partial charge in [-0.1, -0.05) is 11.6 Å². The van der Waals surface area contributed by atoms with Gasteiger partial charge in [0.2, 0.25) is 0 Å². The Morgan fingerprint density at radius 3 is 3.24 bits per heavy atom. The van der Waals surface area contributed by atoms with Crippen LogP contribution in [-0.4, -0.2) is 24.1 Å². The quantitative estimate of drug-likeness (QED) is 0.860. The van der Waals surface area contributed by atoms with Gasteiger partial charge in [-0.15, -0.1) is 0 Å². The van der Waals surface area contributed by atoms with Crippen LogP contribution in [0.2, 0.25) is 5.02 Å². The highest BCUT2D eigenvalue weighted by Crippen LogP contribution is 2.22. The van der Waals surface area contributed by atoms with E-state index in [2.05, 4.69) is 15.6 Å². The van der Waals surface area contributed by atoms with Crippen LogP contribution < -0.4 is 10.6 Å². The molecule has 90 valence electrons. The number of aromatic nitrogens is 1. The van der Waals surface area contributed by atoms with E-state index in [1.54, 1.807) is 12.3 Å². The first-order chi connectivity index (χ1) is 8.31. The summed E-state index contributed by atoms with van der Waals surface area (Å²) in [4.78, 5) is 4.14. The number of nitrogens with zero attached hydrogens (tertiary/aromatic N) is 2. The van der Waals surface area contributed by atoms with Crippen molar-refractivity contribution in [3.8, 4) is 6.07 Å². The van der Waals surface area contributed by atoms with Crippen LogP contribution in [0.5, 0.6) is 0 Å². The number of anilines is 1. The molecule has 2 rings (SSSR count). The molecule has 1 aromatic heterocycles. The Labute approximate surface area is 106 Å². The monoisotopic (exact) mass is 250 g/mol. The summed E-state index contributed by atoms with van der Waals surface area (Å²) in [6, 6.07) is 4.26. The van der Waals surface area contributed by atoms with Crippen molar-refractivity contribution < 1.29 is 0 Å². The van der Waals surface area contributed by atoms with Crippen molar-refractivity contribution in [1.82, 2.24) is 10.3 Å². The number of rotatable bonds is 4. The van der Waals surface area contributed by atoms with Gasteiger partial charge in [-0.2, -0.15) is 5.26 Å². The Hall–Kier alpha value is -1.31. The van der Waals surface area contributed by atoms with E-state index in [-0.39, 0.29) is 0 Å². The average Bonchev–Trinajstić information content (AvgIpc) is 2.84. The van der Waals surface area contributed by atoms with Gasteiger partial charge in [-0.05, 0) is 31.9 Å². The smallest absolute Gasteiger partial charge is 0.146 e. The van der Waals surface area contributed by atoms with Gasteiger partial charge in [0.05, 0.1) is 5.56 Å². The Morgan fingerprint density at radius 1 is 1.65 bits per heavy atom. The molecule has 2 N–H and O–H groups in total. The zero-order chi connectivity index (χ0) is 12.1. The summed E-state index contributed by atoms with van der Waals surface area (Å²) in [7, 11) is 0. The summed E-state index contributed by atoms with van der Waals surface area (Å²) in [6.45, 7) is 1.94. The Bertz CT molecular complexity index is 421. The minimum Gasteiger partial charge on any atom is -0.369 e. The van der Waals surface area contributed by atoms with Crippen LogP contribution in [0.25, 0.3) is 0 Å². The van der Waals surface area contributed by atoms with Crippen LogP contribution in [0, 0.1) is 11.3 Å².